The third-order valence-electron chi connectivity index (χ3n) is 4.76. The summed E-state index contributed by atoms with van der Waals surface area (Å²) in [5.41, 5.74) is 16.6. The van der Waals surface area contributed by atoms with Crippen LogP contribution in [0.5, 0.6) is 0 Å². The first-order chi connectivity index (χ1) is 13.9. The zero-order valence-electron chi connectivity index (χ0n) is 17.4. The molecule has 7 heteroatoms. The highest BCUT2D eigenvalue weighted by Crippen LogP contribution is 2.29. The lowest BCUT2D eigenvalue weighted by atomic mass is 9.89. The van der Waals surface area contributed by atoms with Crippen LogP contribution < -0.4 is 11.5 Å². The van der Waals surface area contributed by atoms with Crippen LogP contribution in [0.25, 0.3) is 11.1 Å². The summed E-state index contributed by atoms with van der Waals surface area (Å²) < 4.78 is 0. The van der Waals surface area contributed by atoms with Crippen LogP contribution in [0.3, 0.4) is 0 Å². The fourth-order valence-electron chi connectivity index (χ4n) is 3.31. The Morgan fingerprint density at radius 2 is 1.68 bits per heavy atom. The largest absolute Gasteiger partial charge is 0.480 e. The summed E-state index contributed by atoms with van der Waals surface area (Å²) in [6.07, 6.45) is 5.33. The van der Waals surface area contributed by atoms with E-state index in [1.165, 1.54) is 0 Å². The number of hydrogen-bond acceptors (Lipinski definition) is 4. The van der Waals surface area contributed by atoms with Gasteiger partial charge in [0.15, 0.2) is 5.78 Å². The minimum atomic E-state index is -1.04. The average Bonchev–Trinajstić information content (AvgIpc) is 2.69. The zero-order valence-corrected chi connectivity index (χ0v) is 19.0. The fraction of sp³-hybridized carbons (Fsp3) is 0.250. The van der Waals surface area contributed by atoms with Gasteiger partial charge in [-0.05, 0) is 53.6 Å². The van der Waals surface area contributed by atoms with E-state index in [-0.39, 0.29) is 43.4 Å². The molecule has 0 saturated carbocycles. The van der Waals surface area contributed by atoms with Gasteiger partial charge in [-0.2, -0.15) is 0 Å². The van der Waals surface area contributed by atoms with Crippen molar-refractivity contribution in [2.45, 2.75) is 31.7 Å². The number of carboxylic acid groups (broad SMARTS) is 1. The van der Waals surface area contributed by atoms with Gasteiger partial charge in [-0.15, -0.1) is 38.0 Å². The van der Waals surface area contributed by atoms with E-state index >= 15 is 0 Å². The Bertz CT molecular complexity index is 929. The molecule has 0 radical (unpaired) electrons. The van der Waals surface area contributed by atoms with E-state index in [9.17, 15) is 14.7 Å². The second kappa shape index (κ2) is 13.8. The molecule has 1 unspecified atom stereocenters. The fourth-order valence-corrected chi connectivity index (χ4v) is 3.31. The molecular formula is C24H30Cl2N2O3. The van der Waals surface area contributed by atoms with Crippen molar-refractivity contribution in [3.63, 3.8) is 0 Å². The zero-order chi connectivity index (χ0) is 21.4. The molecule has 0 bridgehead atoms. The van der Waals surface area contributed by atoms with Crippen LogP contribution in [-0.2, 0) is 24.1 Å². The van der Waals surface area contributed by atoms with E-state index in [4.69, 9.17) is 11.5 Å². The first kappa shape index (κ1) is 28.6. The Morgan fingerprint density at radius 3 is 2.26 bits per heavy atom. The van der Waals surface area contributed by atoms with Crippen molar-refractivity contribution in [3.05, 3.63) is 84.0 Å². The standard InChI is InChI=1S/C24H28N2O3.2ClH/c1-3-5-16-7-8-19(15-22(26)24(28)29)21(13-16)18-9-10-20(23(27)11-12-25)17(14-18)6-4-2;;/h3-4,7-10,13-14,22H,1-2,5-6,11-12,15,25-26H2,(H,28,29);2*1H. The number of aliphatic carboxylic acids is 1. The normalized spacial score (nSPS) is 10.9. The van der Waals surface area contributed by atoms with Crippen molar-refractivity contribution in [1.82, 2.24) is 0 Å². The molecule has 0 aliphatic heterocycles. The van der Waals surface area contributed by atoms with Gasteiger partial charge in [0, 0.05) is 12.0 Å². The molecule has 2 aromatic carbocycles. The number of allylic oxidation sites excluding steroid dienone is 2. The van der Waals surface area contributed by atoms with Crippen molar-refractivity contribution >= 4 is 36.6 Å². The predicted molar refractivity (Wildman–Crippen MR) is 131 cm³/mol. The Kier molecular flexibility index (Phi) is 12.7. The molecule has 5 N–H and O–H groups in total. The third kappa shape index (κ3) is 7.64. The molecule has 1 atom stereocenters. The highest BCUT2D eigenvalue weighted by molar-refractivity contribution is 5.98. The van der Waals surface area contributed by atoms with E-state index in [2.05, 4.69) is 13.2 Å². The lowest BCUT2D eigenvalue weighted by Gasteiger charge is -2.16. The first-order valence-electron chi connectivity index (χ1n) is 9.59. The number of hydrogen-bond donors (Lipinski definition) is 3. The number of nitrogens with two attached hydrogens (primary N) is 2. The third-order valence-corrected chi connectivity index (χ3v) is 4.76. The van der Waals surface area contributed by atoms with Crippen molar-refractivity contribution in [1.29, 1.82) is 0 Å². The second-order valence-electron chi connectivity index (χ2n) is 6.96. The molecule has 0 spiro atoms. The number of benzene rings is 2. The second-order valence-corrected chi connectivity index (χ2v) is 6.96. The van der Waals surface area contributed by atoms with Crippen LogP contribution in [-0.4, -0.2) is 29.4 Å². The van der Waals surface area contributed by atoms with Crippen molar-refractivity contribution in [2.24, 2.45) is 11.5 Å². The van der Waals surface area contributed by atoms with E-state index in [1.54, 1.807) is 6.08 Å². The summed E-state index contributed by atoms with van der Waals surface area (Å²) >= 11 is 0. The molecule has 31 heavy (non-hydrogen) atoms. The Labute approximate surface area is 196 Å². The molecular weight excluding hydrogens is 435 g/mol. The van der Waals surface area contributed by atoms with Gasteiger partial charge in [0.05, 0.1) is 0 Å². The lowest BCUT2D eigenvalue weighted by molar-refractivity contribution is -0.138. The van der Waals surface area contributed by atoms with Gasteiger partial charge in [-0.3, -0.25) is 9.59 Å². The maximum Gasteiger partial charge on any atom is 0.320 e. The molecule has 5 nitrogen and oxygen atoms in total. The van der Waals surface area contributed by atoms with Crippen molar-refractivity contribution in [3.8, 4) is 11.1 Å². The Morgan fingerprint density at radius 1 is 1.00 bits per heavy atom. The topological polar surface area (TPSA) is 106 Å². The summed E-state index contributed by atoms with van der Waals surface area (Å²) in [6, 6.07) is 10.6. The maximum atomic E-state index is 12.4. The quantitative estimate of drug-likeness (QED) is 0.342. The number of carbonyl (C=O) groups excluding carboxylic acids is 1. The number of Topliss-reactive ketones (excluding diaryl/α,β-unsaturated/α-hetero) is 1. The average molecular weight is 465 g/mol. The number of rotatable bonds is 11. The molecule has 0 fully saturated rings. The summed E-state index contributed by atoms with van der Waals surface area (Å²) in [7, 11) is 0. The number of carboxylic acids is 1. The highest BCUT2D eigenvalue weighted by Gasteiger charge is 2.17. The van der Waals surface area contributed by atoms with E-state index in [1.807, 2.05) is 42.5 Å². The summed E-state index contributed by atoms with van der Waals surface area (Å²) in [5, 5.41) is 9.21. The SMILES string of the molecule is C=CCc1ccc(CC(N)C(=O)O)c(-c2ccc(C(=O)CCN)c(CC=C)c2)c1.Cl.Cl. The van der Waals surface area contributed by atoms with Crippen molar-refractivity contribution in [2.75, 3.05) is 6.54 Å². The number of halogens is 2. The van der Waals surface area contributed by atoms with E-state index in [0.29, 0.717) is 24.9 Å². The van der Waals surface area contributed by atoms with Gasteiger partial charge in [0.1, 0.15) is 6.04 Å². The van der Waals surface area contributed by atoms with Crippen LogP contribution in [0.2, 0.25) is 0 Å². The molecule has 0 heterocycles. The molecule has 0 amide bonds. The van der Waals surface area contributed by atoms with Crippen LogP contribution in [0, 0.1) is 0 Å². The van der Waals surface area contributed by atoms with Gasteiger partial charge in [0.2, 0.25) is 0 Å². The highest BCUT2D eigenvalue weighted by atomic mass is 35.5. The van der Waals surface area contributed by atoms with Gasteiger partial charge < -0.3 is 16.6 Å². The van der Waals surface area contributed by atoms with Crippen LogP contribution >= 0.6 is 24.8 Å². The smallest absolute Gasteiger partial charge is 0.320 e. The van der Waals surface area contributed by atoms with Gasteiger partial charge >= 0.3 is 5.97 Å². The molecule has 0 aliphatic rings. The maximum absolute atomic E-state index is 12.4. The lowest BCUT2D eigenvalue weighted by Crippen LogP contribution is -2.32. The Balaban J connectivity index is 0.00000450. The van der Waals surface area contributed by atoms with E-state index in [0.717, 1.165) is 27.8 Å². The number of ketones is 1. The molecule has 2 aromatic rings. The van der Waals surface area contributed by atoms with Crippen LogP contribution in [0.1, 0.15) is 33.5 Å². The summed E-state index contributed by atoms with van der Waals surface area (Å²) in [5.74, 6) is -1.04. The summed E-state index contributed by atoms with van der Waals surface area (Å²) in [4.78, 5) is 23.7. The van der Waals surface area contributed by atoms with Crippen molar-refractivity contribution < 1.29 is 14.7 Å². The molecule has 168 valence electrons. The van der Waals surface area contributed by atoms with Gasteiger partial charge in [-0.1, -0.05) is 48.6 Å². The van der Waals surface area contributed by atoms with E-state index < -0.39 is 12.0 Å². The first-order valence-corrected chi connectivity index (χ1v) is 9.59. The number of carbonyl (C=O) groups is 2. The molecule has 0 aliphatic carbocycles. The molecule has 0 saturated heterocycles. The van der Waals surface area contributed by atoms with Crippen LogP contribution in [0.4, 0.5) is 0 Å². The van der Waals surface area contributed by atoms with Gasteiger partial charge in [-0.25, -0.2) is 0 Å². The molecule has 0 aromatic heterocycles. The van der Waals surface area contributed by atoms with Crippen LogP contribution in [0.15, 0.2) is 61.7 Å². The minimum absolute atomic E-state index is 0. The summed E-state index contributed by atoms with van der Waals surface area (Å²) in [6.45, 7) is 7.87. The molecule has 2 rings (SSSR count). The monoisotopic (exact) mass is 464 g/mol. The van der Waals surface area contributed by atoms with Gasteiger partial charge in [0.25, 0.3) is 0 Å². The predicted octanol–water partition coefficient (Wildman–Crippen LogP) is 4.14. The minimum Gasteiger partial charge on any atom is -0.480 e. The Hall–Kier alpha value is -2.44.